The molecule has 0 saturated heterocycles. The summed E-state index contributed by atoms with van der Waals surface area (Å²) in [6, 6.07) is 20.8. The number of carbonyl (C=O) groups is 2. The maximum atomic E-state index is 13.2. The maximum absolute atomic E-state index is 13.2. The first-order valence-corrected chi connectivity index (χ1v) is 12.3. The quantitative estimate of drug-likeness (QED) is 0.418. The summed E-state index contributed by atoms with van der Waals surface area (Å²) in [4.78, 5) is 40.6. The Labute approximate surface area is 215 Å². The van der Waals surface area contributed by atoms with Crippen LogP contribution >= 0.6 is 0 Å². The molecule has 0 aliphatic carbocycles. The largest absolute Gasteiger partial charge is 0.338 e. The fraction of sp³-hybridized carbons (Fsp3) is 0.207. The second-order valence-electron chi connectivity index (χ2n) is 9.02. The Balaban J connectivity index is 1.20. The fourth-order valence-electron chi connectivity index (χ4n) is 4.44. The Morgan fingerprint density at radius 3 is 2.51 bits per heavy atom. The Bertz CT molecular complexity index is 1390. The Hall–Kier alpha value is -4.59. The van der Waals surface area contributed by atoms with E-state index in [0.29, 0.717) is 31.7 Å². The first kappa shape index (κ1) is 24.1. The summed E-state index contributed by atoms with van der Waals surface area (Å²) in [5, 5.41) is 5.62. The molecule has 8 nitrogen and oxygen atoms in total. The molecule has 0 bridgehead atoms. The highest BCUT2D eigenvalue weighted by atomic mass is 16.2. The van der Waals surface area contributed by atoms with Gasteiger partial charge in [0.05, 0.1) is 17.8 Å². The zero-order valence-corrected chi connectivity index (χ0v) is 20.6. The number of pyridine rings is 1. The van der Waals surface area contributed by atoms with Gasteiger partial charge in [0.25, 0.3) is 0 Å². The van der Waals surface area contributed by atoms with Crippen molar-refractivity contribution in [3.8, 4) is 11.3 Å². The standard InChI is InChI=1S/C29H28N6O2/c1-20-32-26-13-15-35(19-25(26)28(33-20)23-7-3-2-4-8-23)27(36)16-21-9-11-24(12-10-21)34-29(37)31-18-22-6-5-14-30-17-22/h2-12,14,17H,13,15-16,18-19H2,1H3,(H2,31,34,37). The number of amides is 3. The van der Waals surface area contributed by atoms with Gasteiger partial charge in [-0.05, 0) is 36.2 Å². The van der Waals surface area contributed by atoms with Gasteiger partial charge in [-0.15, -0.1) is 0 Å². The van der Waals surface area contributed by atoms with Crippen LogP contribution < -0.4 is 10.6 Å². The number of anilines is 1. The number of nitrogens with one attached hydrogen (secondary N) is 2. The van der Waals surface area contributed by atoms with E-state index < -0.39 is 0 Å². The summed E-state index contributed by atoms with van der Waals surface area (Å²) in [7, 11) is 0. The Morgan fingerprint density at radius 1 is 0.946 bits per heavy atom. The van der Waals surface area contributed by atoms with Crippen LogP contribution in [0.1, 0.15) is 28.2 Å². The van der Waals surface area contributed by atoms with Gasteiger partial charge in [-0.25, -0.2) is 14.8 Å². The van der Waals surface area contributed by atoms with Crippen molar-refractivity contribution in [3.63, 3.8) is 0 Å². The van der Waals surface area contributed by atoms with Gasteiger partial charge in [-0.2, -0.15) is 0 Å². The monoisotopic (exact) mass is 492 g/mol. The lowest BCUT2D eigenvalue weighted by Gasteiger charge is -2.30. The number of benzene rings is 2. The number of hydrogen-bond donors (Lipinski definition) is 2. The predicted octanol–water partition coefficient (Wildman–Crippen LogP) is 4.30. The number of fused-ring (bicyclic) bond motifs is 1. The van der Waals surface area contributed by atoms with Crippen molar-refractivity contribution >= 4 is 17.6 Å². The first-order chi connectivity index (χ1) is 18.0. The molecule has 1 aliphatic heterocycles. The van der Waals surface area contributed by atoms with E-state index in [-0.39, 0.29) is 18.4 Å². The molecule has 3 amide bonds. The smallest absolute Gasteiger partial charge is 0.319 e. The lowest BCUT2D eigenvalue weighted by Crippen LogP contribution is -2.37. The Morgan fingerprint density at radius 2 is 1.76 bits per heavy atom. The Kier molecular flexibility index (Phi) is 7.16. The lowest BCUT2D eigenvalue weighted by molar-refractivity contribution is -0.131. The van der Waals surface area contributed by atoms with Gasteiger partial charge in [0, 0.05) is 55.3 Å². The fourth-order valence-corrected chi connectivity index (χ4v) is 4.44. The highest BCUT2D eigenvalue weighted by molar-refractivity contribution is 5.89. The summed E-state index contributed by atoms with van der Waals surface area (Å²) in [6.07, 6.45) is 4.40. The summed E-state index contributed by atoms with van der Waals surface area (Å²) in [5.41, 5.74) is 6.45. The summed E-state index contributed by atoms with van der Waals surface area (Å²) in [5.74, 6) is 0.803. The molecule has 2 aromatic carbocycles. The molecule has 37 heavy (non-hydrogen) atoms. The third kappa shape index (κ3) is 5.98. The van der Waals surface area contributed by atoms with Gasteiger partial charge < -0.3 is 15.5 Å². The summed E-state index contributed by atoms with van der Waals surface area (Å²) in [6.45, 7) is 3.43. The van der Waals surface area contributed by atoms with E-state index in [1.165, 1.54) is 0 Å². The van der Waals surface area contributed by atoms with E-state index in [9.17, 15) is 9.59 Å². The molecule has 2 N–H and O–H groups in total. The lowest BCUT2D eigenvalue weighted by atomic mass is 9.98. The maximum Gasteiger partial charge on any atom is 0.319 e. The molecule has 4 aromatic rings. The van der Waals surface area contributed by atoms with Crippen molar-refractivity contribution in [2.75, 3.05) is 11.9 Å². The number of nitrogens with zero attached hydrogens (tertiary/aromatic N) is 4. The summed E-state index contributed by atoms with van der Waals surface area (Å²) >= 11 is 0. The van der Waals surface area contributed by atoms with E-state index in [1.54, 1.807) is 12.4 Å². The van der Waals surface area contributed by atoms with E-state index in [4.69, 9.17) is 4.98 Å². The molecule has 8 heteroatoms. The van der Waals surface area contributed by atoms with Crippen molar-refractivity contribution < 1.29 is 9.59 Å². The average molecular weight is 493 g/mol. The van der Waals surface area contributed by atoms with Crippen molar-refractivity contribution in [1.82, 2.24) is 25.2 Å². The van der Waals surface area contributed by atoms with Gasteiger partial charge in [0.2, 0.25) is 5.91 Å². The molecule has 0 unspecified atom stereocenters. The molecule has 186 valence electrons. The third-order valence-electron chi connectivity index (χ3n) is 6.32. The predicted molar refractivity (Wildman–Crippen MR) is 142 cm³/mol. The molecule has 2 aromatic heterocycles. The van der Waals surface area contributed by atoms with E-state index >= 15 is 0 Å². The second kappa shape index (κ2) is 11.0. The van der Waals surface area contributed by atoms with Crippen LogP contribution in [0.4, 0.5) is 10.5 Å². The number of carbonyl (C=O) groups excluding carboxylic acids is 2. The van der Waals surface area contributed by atoms with Crippen LogP contribution in [0, 0.1) is 6.92 Å². The SMILES string of the molecule is Cc1nc2c(c(-c3ccccc3)n1)CN(C(=O)Cc1ccc(NC(=O)NCc3cccnc3)cc1)CC2. The second-order valence-corrected chi connectivity index (χ2v) is 9.02. The molecule has 3 heterocycles. The van der Waals surface area contributed by atoms with Crippen LogP contribution in [0.15, 0.2) is 79.1 Å². The minimum Gasteiger partial charge on any atom is -0.338 e. The van der Waals surface area contributed by atoms with E-state index in [1.807, 2.05) is 78.6 Å². The topological polar surface area (TPSA) is 100 Å². The molecular weight excluding hydrogens is 464 g/mol. The van der Waals surface area contributed by atoms with Crippen LogP contribution in [-0.4, -0.2) is 38.3 Å². The van der Waals surface area contributed by atoms with E-state index in [0.717, 1.165) is 39.5 Å². The third-order valence-corrected chi connectivity index (χ3v) is 6.32. The van der Waals surface area contributed by atoms with E-state index in [2.05, 4.69) is 20.6 Å². The highest BCUT2D eigenvalue weighted by Gasteiger charge is 2.25. The molecule has 0 atom stereocenters. The van der Waals surface area contributed by atoms with Crippen molar-refractivity contribution in [2.45, 2.75) is 32.9 Å². The van der Waals surface area contributed by atoms with Crippen LogP contribution in [0.2, 0.25) is 0 Å². The molecule has 5 rings (SSSR count). The molecule has 0 fully saturated rings. The van der Waals surface area contributed by atoms with Crippen LogP contribution in [-0.2, 0) is 30.7 Å². The molecule has 0 saturated carbocycles. The molecule has 0 spiro atoms. The summed E-state index contributed by atoms with van der Waals surface area (Å²) < 4.78 is 0. The van der Waals surface area contributed by atoms with Crippen molar-refractivity contribution in [3.05, 3.63) is 107 Å². The number of aromatic nitrogens is 3. The molecular formula is C29H28N6O2. The molecule has 0 radical (unpaired) electrons. The minimum atomic E-state index is -0.300. The van der Waals surface area contributed by atoms with Gasteiger partial charge >= 0.3 is 6.03 Å². The van der Waals surface area contributed by atoms with Crippen LogP contribution in [0.3, 0.4) is 0 Å². The number of hydrogen-bond acceptors (Lipinski definition) is 5. The zero-order chi connectivity index (χ0) is 25.6. The van der Waals surface area contributed by atoms with Crippen molar-refractivity contribution in [1.29, 1.82) is 0 Å². The number of aryl methyl sites for hydroxylation is 1. The van der Waals surface area contributed by atoms with Gasteiger partial charge in [-0.3, -0.25) is 9.78 Å². The highest BCUT2D eigenvalue weighted by Crippen LogP contribution is 2.28. The molecule has 1 aliphatic rings. The zero-order valence-electron chi connectivity index (χ0n) is 20.6. The van der Waals surface area contributed by atoms with Crippen molar-refractivity contribution in [2.24, 2.45) is 0 Å². The van der Waals surface area contributed by atoms with Gasteiger partial charge in [0.15, 0.2) is 0 Å². The number of rotatable bonds is 6. The first-order valence-electron chi connectivity index (χ1n) is 12.3. The normalized spacial score (nSPS) is 12.5. The van der Waals surface area contributed by atoms with Gasteiger partial charge in [0.1, 0.15) is 5.82 Å². The average Bonchev–Trinajstić information content (AvgIpc) is 2.93. The minimum absolute atomic E-state index is 0.0557. The van der Waals surface area contributed by atoms with Gasteiger partial charge in [-0.1, -0.05) is 48.5 Å². The van der Waals surface area contributed by atoms with Crippen LogP contribution in [0.25, 0.3) is 11.3 Å². The van der Waals surface area contributed by atoms with Crippen LogP contribution in [0.5, 0.6) is 0 Å². The number of urea groups is 1.